The van der Waals surface area contributed by atoms with Gasteiger partial charge in [-0.3, -0.25) is 4.79 Å². The maximum Gasteiger partial charge on any atom is 0.434 e. The van der Waals surface area contributed by atoms with Crippen LogP contribution in [0.25, 0.3) is 11.3 Å². The lowest BCUT2D eigenvalue weighted by Crippen LogP contribution is -2.28. The summed E-state index contributed by atoms with van der Waals surface area (Å²) in [6.45, 7) is 1.88. The highest BCUT2D eigenvalue weighted by atomic mass is 35.5. The van der Waals surface area contributed by atoms with Gasteiger partial charge in [0.1, 0.15) is 0 Å². The summed E-state index contributed by atoms with van der Waals surface area (Å²) >= 11 is 7.28. The topological polar surface area (TPSA) is 80.2 Å². The van der Waals surface area contributed by atoms with Crippen molar-refractivity contribution < 1.29 is 22.7 Å². The van der Waals surface area contributed by atoms with Crippen molar-refractivity contribution >= 4 is 34.8 Å². The fraction of sp³-hybridized carbons (Fsp3) is 0.348. The van der Waals surface area contributed by atoms with E-state index in [2.05, 4.69) is 20.3 Å². The molecule has 1 fully saturated rings. The van der Waals surface area contributed by atoms with Crippen LogP contribution in [0.1, 0.15) is 39.5 Å². The molecule has 12 heteroatoms. The summed E-state index contributed by atoms with van der Waals surface area (Å²) in [5.74, 6) is 0.248. The van der Waals surface area contributed by atoms with Gasteiger partial charge in [-0.15, -0.1) is 11.3 Å². The smallest absolute Gasteiger partial charge is 0.381 e. The van der Waals surface area contributed by atoms with E-state index in [4.69, 9.17) is 16.3 Å². The van der Waals surface area contributed by atoms with Crippen molar-refractivity contribution in [1.82, 2.24) is 19.9 Å². The first-order valence-corrected chi connectivity index (χ1v) is 12.2. The van der Waals surface area contributed by atoms with Gasteiger partial charge in [-0.25, -0.2) is 15.0 Å². The molecule has 2 aliphatic rings. The molecule has 7 nitrogen and oxygen atoms in total. The normalized spacial score (nSPS) is 16.6. The lowest BCUT2D eigenvalue weighted by atomic mass is 10.0. The van der Waals surface area contributed by atoms with Crippen molar-refractivity contribution in [3.05, 3.63) is 63.0 Å². The first kappa shape index (κ1) is 24.0. The van der Waals surface area contributed by atoms with Gasteiger partial charge < -0.3 is 15.0 Å². The Morgan fingerprint density at radius 2 is 2.06 bits per heavy atom. The number of halogens is 4. The quantitative estimate of drug-likeness (QED) is 0.487. The number of aromatic nitrogens is 3. The van der Waals surface area contributed by atoms with Crippen LogP contribution in [-0.2, 0) is 17.5 Å². The molecule has 0 spiro atoms. The van der Waals surface area contributed by atoms with Gasteiger partial charge in [-0.1, -0.05) is 23.7 Å². The average molecular weight is 523 g/mol. The van der Waals surface area contributed by atoms with Crippen molar-refractivity contribution in [1.29, 1.82) is 0 Å². The predicted molar refractivity (Wildman–Crippen MR) is 125 cm³/mol. The molecule has 1 N–H and O–H groups in total. The third kappa shape index (κ3) is 5.26. The molecule has 2 aromatic heterocycles. The second-order valence-corrected chi connectivity index (χ2v) is 9.55. The number of carbonyl (C=O) groups excluding carboxylic acids is 1. The van der Waals surface area contributed by atoms with Crippen LogP contribution >= 0.6 is 22.9 Å². The number of hydrogen-bond donors (Lipinski definition) is 1. The molecule has 183 valence electrons. The highest BCUT2D eigenvalue weighted by Crippen LogP contribution is 2.33. The van der Waals surface area contributed by atoms with Crippen LogP contribution in [0.4, 0.5) is 19.1 Å². The molecule has 1 radical (unpaired) electrons. The average Bonchev–Trinajstić information content (AvgIpc) is 3.44. The molecule has 5 rings (SSSR count). The predicted octanol–water partition coefficient (Wildman–Crippen LogP) is 5.07. The highest BCUT2D eigenvalue weighted by molar-refractivity contribution is 7.10. The van der Waals surface area contributed by atoms with Gasteiger partial charge in [0, 0.05) is 55.3 Å². The van der Waals surface area contributed by atoms with E-state index in [1.54, 1.807) is 11.0 Å². The summed E-state index contributed by atoms with van der Waals surface area (Å²) in [6.07, 6.45) is 0.298. The number of nitrogens with one attached hydrogen (secondary N) is 1. The Morgan fingerprint density at radius 3 is 2.80 bits per heavy atom. The van der Waals surface area contributed by atoms with Gasteiger partial charge in [0.2, 0.25) is 5.95 Å². The zero-order valence-corrected chi connectivity index (χ0v) is 19.9. The van der Waals surface area contributed by atoms with Gasteiger partial charge in [0.05, 0.1) is 21.9 Å². The first-order chi connectivity index (χ1) is 16.8. The van der Waals surface area contributed by atoms with E-state index in [1.165, 1.54) is 12.6 Å². The van der Waals surface area contributed by atoms with Crippen molar-refractivity contribution in [2.75, 3.05) is 25.1 Å². The third-order valence-electron chi connectivity index (χ3n) is 5.86. The molecule has 0 unspecified atom stereocenters. The minimum atomic E-state index is -4.48. The molecule has 0 aliphatic carbocycles. The van der Waals surface area contributed by atoms with Crippen molar-refractivity contribution in [3.63, 3.8) is 0 Å². The minimum Gasteiger partial charge on any atom is -0.381 e. The van der Waals surface area contributed by atoms with E-state index in [1.807, 2.05) is 12.1 Å². The Bertz CT molecular complexity index is 1250. The number of thiazole rings is 1. The fourth-order valence-electron chi connectivity index (χ4n) is 4.02. The van der Waals surface area contributed by atoms with Crippen LogP contribution in [0.3, 0.4) is 0 Å². The number of ether oxygens (including phenoxy) is 1. The number of rotatable bonds is 6. The molecule has 1 saturated heterocycles. The van der Waals surface area contributed by atoms with E-state index < -0.39 is 11.9 Å². The Kier molecular flexibility index (Phi) is 6.65. The highest BCUT2D eigenvalue weighted by Gasteiger charge is 2.34. The van der Waals surface area contributed by atoms with Gasteiger partial charge in [0.15, 0.2) is 5.69 Å². The SMILES string of the molecule is O=C1c2cc(-c3nc(NC4CCOCC4)ncc3Cl)ccc2CN1C[CH]c1nc(C(F)(F)F)cs1. The van der Waals surface area contributed by atoms with Crippen LogP contribution in [0.5, 0.6) is 0 Å². The summed E-state index contributed by atoms with van der Waals surface area (Å²) < 4.78 is 43.7. The van der Waals surface area contributed by atoms with Gasteiger partial charge in [-0.05, 0) is 24.5 Å². The zero-order valence-electron chi connectivity index (χ0n) is 18.3. The summed E-state index contributed by atoms with van der Waals surface area (Å²) in [4.78, 5) is 27.0. The van der Waals surface area contributed by atoms with Crippen LogP contribution < -0.4 is 5.32 Å². The second-order valence-electron chi connectivity index (χ2n) is 8.25. The van der Waals surface area contributed by atoms with E-state index in [-0.39, 0.29) is 23.5 Å². The first-order valence-electron chi connectivity index (χ1n) is 10.9. The lowest BCUT2D eigenvalue weighted by Gasteiger charge is -2.23. The summed E-state index contributed by atoms with van der Waals surface area (Å²) in [5.41, 5.74) is 1.61. The number of alkyl halides is 3. The summed E-state index contributed by atoms with van der Waals surface area (Å²) in [6, 6.07) is 5.66. The van der Waals surface area contributed by atoms with E-state index >= 15 is 0 Å². The van der Waals surface area contributed by atoms with E-state index in [0.717, 1.165) is 35.1 Å². The van der Waals surface area contributed by atoms with E-state index in [9.17, 15) is 18.0 Å². The van der Waals surface area contributed by atoms with Crippen LogP contribution in [-0.4, -0.2) is 51.6 Å². The molecule has 0 atom stereocenters. The molecular formula is C23H20ClF3N5O2S. The van der Waals surface area contributed by atoms with Crippen molar-refractivity contribution in [3.8, 4) is 11.3 Å². The molecular weight excluding hydrogens is 503 g/mol. The van der Waals surface area contributed by atoms with Crippen LogP contribution in [0.2, 0.25) is 5.02 Å². The number of anilines is 1. The summed E-state index contributed by atoms with van der Waals surface area (Å²) in [5, 5.41) is 4.87. The van der Waals surface area contributed by atoms with Gasteiger partial charge in [0.25, 0.3) is 5.91 Å². The van der Waals surface area contributed by atoms with Crippen LogP contribution in [0.15, 0.2) is 29.8 Å². The largest absolute Gasteiger partial charge is 0.434 e. The number of fused-ring (bicyclic) bond motifs is 1. The van der Waals surface area contributed by atoms with Crippen LogP contribution in [0, 0.1) is 6.42 Å². The van der Waals surface area contributed by atoms with Gasteiger partial charge in [-0.2, -0.15) is 13.2 Å². The molecule has 2 aliphatic heterocycles. The maximum absolute atomic E-state index is 13.0. The maximum atomic E-state index is 13.0. The molecule has 1 aromatic carbocycles. The standard InChI is InChI=1S/C23H20ClF3N5O2S/c24-17-10-28-22(29-15-4-7-34-8-5-15)31-20(17)13-1-2-14-11-32(21(33)16(14)9-13)6-3-19-30-18(12-35-19)23(25,26)27/h1-3,9-10,12,15H,4-8,11H2,(H,28,29,31). The fourth-order valence-corrected chi connectivity index (χ4v) is 4.96. The zero-order chi connectivity index (χ0) is 24.6. The minimum absolute atomic E-state index is 0.154. The molecule has 0 saturated carbocycles. The molecule has 1 amide bonds. The Morgan fingerprint density at radius 1 is 1.26 bits per heavy atom. The van der Waals surface area contributed by atoms with E-state index in [0.29, 0.717) is 47.6 Å². The van der Waals surface area contributed by atoms with Crippen molar-refractivity contribution in [2.45, 2.75) is 31.6 Å². The molecule has 4 heterocycles. The molecule has 0 bridgehead atoms. The number of amides is 1. The monoisotopic (exact) mass is 522 g/mol. The van der Waals surface area contributed by atoms with Gasteiger partial charge >= 0.3 is 6.18 Å². The summed E-state index contributed by atoms with van der Waals surface area (Å²) in [7, 11) is 0. The number of hydrogen-bond acceptors (Lipinski definition) is 7. The Hall–Kier alpha value is -2.76. The van der Waals surface area contributed by atoms with Crippen molar-refractivity contribution in [2.24, 2.45) is 0 Å². The Balaban J connectivity index is 1.29. The third-order valence-corrected chi connectivity index (χ3v) is 6.98. The number of carbonyl (C=O) groups is 1. The number of nitrogens with zero attached hydrogens (tertiary/aromatic N) is 4. The lowest BCUT2D eigenvalue weighted by molar-refractivity contribution is -0.140. The molecule has 3 aromatic rings. The number of benzene rings is 1. The molecule has 35 heavy (non-hydrogen) atoms. The Labute approximate surface area is 208 Å². The second kappa shape index (κ2) is 9.71.